The molecule has 0 aliphatic carbocycles. The topological polar surface area (TPSA) is 65.0 Å². The number of hydrogen-bond acceptors (Lipinski definition) is 5. The van der Waals surface area contributed by atoms with Crippen LogP contribution in [0.15, 0.2) is 6.07 Å². The van der Waals surface area contributed by atoms with Crippen molar-refractivity contribution in [2.24, 2.45) is 0 Å². The predicted molar refractivity (Wildman–Crippen MR) is 64.1 cm³/mol. The summed E-state index contributed by atoms with van der Waals surface area (Å²) in [6.45, 7) is 3.38. The first-order valence-corrected chi connectivity index (χ1v) is 5.65. The standard InChI is InChI=1S/C13H16O5/c1-6-9(16-3)5-8-10(11(6)17-4)13(15)18-12(8)7(2)14/h5,7,12,14H,1-4H3/t7-,12-/m0/s1. The highest BCUT2D eigenvalue weighted by Crippen LogP contribution is 2.43. The SMILES string of the molecule is COc1cc2c(c(OC)c1C)C(=O)O[C@H]2[C@H](C)O. The summed E-state index contributed by atoms with van der Waals surface area (Å²) >= 11 is 0. The maximum atomic E-state index is 11.9. The lowest BCUT2D eigenvalue weighted by Gasteiger charge is -2.16. The number of carbonyl (C=O) groups is 1. The van der Waals surface area contributed by atoms with E-state index in [1.807, 2.05) is 0 Å². The number of aliphatic hydroxyl groups excluding tert-OH is 1. The Morgan fingerprint density at radius 1 is 1.39 bits per heavy atom. The highest BCUT2D eigenvalue weighted by Gasteiger charge is 2.38. The minimum Gasteiger partial charge on any atom is -0.496 e. The fourth-order valence-electron chi connectivity index (χ4n) is 2.25. The number of hydrogen-bond donors (Lipinski definition) is 1. The third-order valence-corrected chi connectivity index (χ3v) is 3.12. The van der Waals surface area contributed by atoms with Crippen LogP contribution in [-0.2, 0) is 4.74 Å². The molecule has 0 amide bonds. The fraction of sp³-hybridized carbons (Fsp3) is 0.462. The van der Waals surface area contributed by atoms with Gasteiger partial charge < -0.3 is 19.3 Å². The van der Waals surface area contributed by atoms with Crippen LogP contribution in [0.1, 0.15) is 34.5 Å². The van der Waals surface area contributed by atoms with Gasteiger partial charge in [0, 0.05) is 11.1 Å². The molecule has 0 unspecified atom stereocenters. The van der Waals surface area contributed by atoms with Gasteiger partial charge >= 0.3 is 5.97 Å². The molecule has 0 fully saturated rings. The van der Waals surface area contributed by atoms with Crippen LogP contribution in [0.2, 0.25) is 0 Å². The maximum Gasteiger partial charge on any atom is 0.343 e. The summed E-state index contributed by atoms with van der Waals surface area (Å²) in [5.74, 6) is 0.575. The largest absolute Gasteiger partial charge is 0.496 e. The van der Waals surface area contributed by atoms with Crippen molar-refractivity contribution in [1.29, 1.82) is 0 Å². The first kappa shape index (κ1) is 12.7. The average molecular weight is 252 g/mol. The maximum absolute atomic E-state index is 11.9. The molecule has 1 aromatic rings. The average Bonchev–Trinajstić information content (AvgIpc) is 2.66. The molecule has 0 spiro atoms. The summed E-state index contributed by atoms with van der Waals surface area (Å²) < 4.78 is 15.7. The van der Waals surface area contributed by atoms with Gasteiger partial charge in [0.25, 0.3) is 0 Å². The third-order valence-electron chi connectivity index (χ3n) is 3.12. The summed E-state index contributed by atoms with van der Waals surface area (Å²) in [7, 11) is 3.04. The Hall–Kier alpha value is -1.75. The van der Waals surface area contributed by atoms with E-state index in [0.29, 0.717) is 22.6 Å². The molecular formula is C13H16O5. The molecule has 1 heterocycles. The van der Waals surface area contributed by atoms with Crippen LogP contribution in [0.4, 0.5) is 0 Å². The van der Waals surface area contributed by atoms with E-state index in [0.717, 1.165) is 5.56 Å². The summed E-state index contributed by atoms with van der Waals surface area (Å²) in [5, 5.41) is 9.65. The summed E-state index contributed by atoms with van der Waals surface area (Å²) in [6, 6.07) is 1.72. The van der Waals surface area contributed by atoms with E-state index in [2.05, 4.69) is 0 Å². The monoisotopic (exact) mass is 252 g/mol. The van der Waals surface area contributed by atoms with Crippen LogP contribution in [0.3, 0.4) is 0 Å². The van der Waals surface area contributed by atoms with Gasteiger partial charge in [0.2, 0.25) is 0 Å². The van der Waals surface area contributed by atoms with Crippen LogP contribution in [0, 0.1) is 6.92 Å². The number of methoxy groups -OCH3 is 2. The smallest absolute Gasteiger partial charge is 0.343 e. The third kappa shape index (κ3) is 1.71. The van der Waals surface area contributed by atoms with Gasteiger partial charge in [-0.25, -0.2) is 4.79 Å². The zero-order valence-electron chi connectivity index (χ0n) is 10.8. The molecule has 18 heavy (non-hydrogen) atoms. The Labute approximate surface area is 105 Å². The molecule has 0 aromatic heterocycles. The molecule has 1 aliphatic heterocycles. The molecule has 2 rings (SSSR count). The fourth-order valence-corrected chi connectivity index (χ4v) is 2.25. The second-order valence-corrected chi connectivity index (χ2v) is 4.27. The van der Waals surface area contributed by atoms with Gasteiger partial charge in [-0.1, -0.05) is 0 Å². The minimum atomic E-state index is -0.785. The van der Waals surface area contributed by atoms with Crippen LogP contribution in [0.25, 0.3) is 0 Å². The van der Waals surface area contributed by atoms with Gasteiger partial charge in [0.15, 0.2) is 6.10 Å². The number of benzene rings is 1. The van der Waals surface area contributed by atoms with E-state index in [1.54, 1.807) is 27.0 Å². The van der Waals surface area contributed by atoms with Crippen LogP contribution in [0.5, 0.6) is 11.5 Å². The number of ether oxygens (including phenoxy) is 3. The zero-order valence-corrected chi connectivity index (χ0v) is 10.8. The van der Waals surface area contributed by atoms with E-state index in [4.69, 9.17) is 14.2 Å². The lowest BCUT2D eigenvalue weighted by atomic mass is 9.98. The molecule has 1 aromatic carbocycles. The zero-order chi connectivity index (χ0) is 13.4. The lowest BCUT2D eigenvalue weighted by molar-refractivity contribution is -0.00282. The molecule has 0 saturated heterocycles. The second-order valence-electron chi connectivity index (χ2n) is 4.27. The molecule has 0 radical (unpaired) electrons. The highest BCUT2D eigenvalue weighted by atomic mass is 16.6. The van der Waals surface area contributed by atoms with Crippen molar-refractivity contribution in [3.05, 3.63) is 22.8 Å². The van der Waals surface area contributed by atoms with Gasteiger partial charge in [-0.3, -0.25) is 0 Å². The Morgan fingerprint density at radius 2 is 2.06 bits per heavy atom. The van der Waals surface area contributed by atoms with Crippen LogP contribution >= 0.6 is 0 Å². The van der Waals surface area contributed by atoms with Gasteiger partial charge in [0.05, 0.1) is 20.3 Å². The van der Waals surface area contributed by atoms with Gasteiger partial charge in [0.1, 0.15) is 17.1 Å². The number of aliphatic hydroxyl groups is 1. The van der Waals surface area contributed by atoms with Gasteiger partial charge in [-0.2, -0.15) is 0 Å². The van der Waals surface area contributed by atoms with Crippen LogP contribution in [-0.4, -0.2) is 31.4 Å². The van der Waals surface area contributed by atoms with Crippen molar-refractivity contribution in [3.63, 3.8) is 0 Å². The number of fused-ring (bicyclic) bond motifs is 1. The highest BCUT2D eigenvalue weighted by molar-refractivity contribution is 5.98. The number of esters is 1. The van der Waals surface area contributed by atoms with Crippen molar-refractivity contribution in [1.82, 2.24) is 0 Å². The van der Waals surface area contributed by atoms with Gasteiger partial charge in [-0.15, -0.1) is 0 Å². The summed E-state index contributed by atoms with van der Waals surface area (Å²) in [4.78, 5) is 11.9. The van der Waals surface area contributed by atoms with Crippen molar-refractivity contribution < 1.29 is 24.1 Å². The normalized spacial score (nSPS) is 19.2. The number of carbonyl (C=O) groups excluding carboxylic acids is 1. The van der Waals surface area contributed by atoms with E-state index < -0.39 is 18.2 Å². The summed E-state index contributed by atoms with van der Waals surface area (Å²) in [5.41, 5.74) is 1.72. The van der Waals surface area contributed by atoms with E-state index in [-0.39, 0.29) is 0 Å². The Balaban J connectivity index is 2.68. The molecule has 2 atom stereocenters. The summed E-state index contributed by atoms with van der Waals surface area (Å²) in [6.07, 6.45) is -1.46. The number of cyclic esters (lactones) is 1. The first-order valence-electron chi connectivity index (χ1n) is 5.65. The van der Waals surface area contributed by atoms with E-state index in [1.165, 1.54) is 7.11 Å². The minimum absolute atomic E-state index is 0.377. The molecule has 5 heteroatoms. The number of rotatable bonds is 3. The lowest BCUT2D eigenvalue weighted by Crippen LogP contribution is -2.14. The van der Waals surface area contributed by atoms with Crippen molar-refractivity contribution in [2.75, 3.05) is 14.2 Å². The quantitative estimate of drug-likeness (QED) is 0.828. The Bertz CT molecular complexity index is 493. The molecule has 5 nitrogen and oxygen atoms in total. The Morgan fingerprint density at radius 3 is 2.56 bits per heavy atom. The molecule has 1 aliphatic rings. The molecule has 98 valence electrons. The van der Waals surface area contributed by atoms with Crippen molar-refractivity contribution in [3.8, 4) is 11.5 Å². The second kappa shape index (κ2) is 4.49. The molecule has 0 bridgehead atoms. The van der Waals surface area contributed by atoms with Crippen molar-refractivity contribution >= 4 is 5.97 Å². The van der Waals surface area contributed by atoms with Crippen molar-refractivity contribution in [2.45, 2.75) is 26.1 Å². The molecule has 0 saturated carbocycles. The van der Waals surface area contributed by atoms with E-state index in [9.17, 15) is 9.90 Å². The first-order chi connectivity index (χ1) is 8.51. The Kier molecular flexibility index (Phi) is 3.17. The van der Waals surface area contributed by atoms with E-state index >= 15 is 0 Å². The van der Waals surface area contributed by atoms with Gasteiger partial charge in [-0.05, 0) is 19.9 Å². The molecular weight excluding hydrogens is 236 g/mol. The predicted octanol–water partition coefficient (Wildman–Crippen LogP) is 1.60. The van der Waals surface area contributed by atoms with Crippen LogP contribution < -0.4 is 9.47 Å². The molecule has 1 N–H and O–H groups in total.